The minimum absolute atomic E-state index is 0.163. The highest BCUT2D eigenvalue weighted by Crippen LogP contribution is 2.18. The Morgan fingerprint density at radius 2 is 1.95 bits per heavy atom. The highest BCUT2D eigenvalue weighted by atomic mass is 16.3. The van der Waals surface area contributed by atoms with Gasteiger partial charge in [0.25, 0.3) is 5.91 Å². The average Bonchev–Trinajstić information content (AvgIpc) is 2.91. The number of benzene rings is 1. The van der Waals surface area contributed by atoms with E-state index in [0.717, 1.165) is 18.8 Å². The summed E-state index contributed by atoms with van der Waals surface area (Å²) in [6.45, 7) is 8.30. The van der Waals surface area contributed by atoms with E-state index in [4.69, 9.17) is 4.42 Å². The molecular formula is C17H22N2O2. The SMILES string of the molecule is CCN(CCNC(=O)c1ccc(C)o1)c1ccccc1C. The predicted molar refractivity (Wildman–Crippen MR) is 84.8 cm³/mol. The lowest BCUT2D eigenvalue weighted by atomic mass is 10.2. The first-order chi connectivity index (χ1) is 10.1. The van der Waals surface area contributed by atoms with Crippen LogP contribution in [0.3, 0.4) is 0 Å². The summed E-state index contributed by atoms with van der Waals surface area (Å²) in [5, 5.41) is 2.89. The van der Waals surface area contributed by atoms with E-state index in [0.29, 0.717) is 12.3 Å². The lowest BCUT2D eigenvalue weighted by Crippen LogP contribution is -2.35. The van der Waals surface area contributed by atoms with Crippen LogP contribution in [0.15, 0.2) is 40.8 Å². The molecule has 1 N–H and O–H groups in total. The Hall–Kier alpha value is -2.23. The number of para-hydroxylation sites is 1. The van der Waals surface area contributed by atoms with Gasteiger partial charge in [-0.2, -0.15) is 0 Å². The van der Waals surface area contributed by atoms with Gasteiger partial charge in [-0.05, 0) is 44.5 Å². The number of carbonyl (C=O) groups is 1. The van der Waals surface area contributed by atoms with Crippen LogP contribution in [0.5, 0.6) is 0 Å². The van der Waals surface area contributed by atoms with Crippen LogP contribution in [0.2, 0.25) is 0 Å². The van der Waals surface area contributed by atoms with Gasteiger partial charge in [-0.1, -0.05) is 18.2 Å². The Morgan fingerprint density at radius 1 is 1.19 bits per heavy atom. The zero-order valence-electron chi connectivity index (χ0n) is 12.8. The molecule has 4 heteroatoms. The van der Waals surface area contributed by atoms with E-state index in [-0.39, 0.29) is 5.91 Å². The van der Waals surface area contributed by atoms with E-state index in [1.54, 1.807) is 12.1 Å². The van der Waals surface area contributed by atoms with E-state index >= 15 is 0 Å². The van der Waals surface area contributed by atoms with Crippen LogP contribution in [-0.4, -0.2) is 25.5 Å². The first-order valence-corrected chi connectivity index (χ1v) is 7.27. The van der Waals surface area contributed by atoms with Crippen molar-refractivity contribution in [3.8, 4) is 0 Å². The molecule has 4 nitrogen and oxygen atoms in total. The van der Waals surface area contributed by atoms with Crippen molar-refractivity contribution < 1.29 is 9.21 Å². The van der Waals surface area contributed by atoms with Gasteiger partial charge >= 0.3 is 0 Å². The fourth-order valence-corrected chi connectivity index (χ4v) is 2.32. The van der Waals surface area contributed by atoms with Gasteiger partial charge < -0.3 is 14.6 Å². The van der Waals surface area contributed by atoms with Crippen molar-refractivity contribution in [2.75, 3.05) is 24.5 Å². The largest absolute Gasteiger partial charge is 0.456 e. The molecule has 1 heterocycles. The second-order valence-corrected chi connectivity index (χ2v) is 5.03. The first-order valence-electron chi connectivity index (χ1n) is 7.27. The van der Waals surface area contributed by atoms with E-state index in [1.807, 2.05) is 19.1 Å². The monoisotopic (exact) mass is 286 g/mol. The number of hydrogen-bond acceptors (Lipinski definition) is 3. The van der Waals surface area contributed by atoms with Crippen molar-refractivity contribution in [2.24, 2.45) is 0 Å². The van der Waals surface area contributed by atoms with Gasteiger partial charge in [-0.25, -0.2) is 0 Å². The molecule has 0 aliphatic rings. The van der Waals surface area contributed by atoms with Crippen molar-refractivity contribution in [3.05, 3.63) is 53.5 Å². The molecule has 2 aromatic rings. The molecule has 0 bridgehead atoms. The molecule has 112 valence electrons. The van der Waals surface area contributed by atoms with Gasteiger partial charge in [-0.15, -0.1) is 0 Å². The number of amides is 1. The number of likely N-dealkylation sites (N-methyl/N-ethyl adjacent to an activating group) is 1. The van der Waals surface area contributed by atoms with Crippen molar-refractivity contribution in [3.63, 3.8) is 0 Å². The Kier molecular flexibility index (Phi) is 5.04. The van der Waals surface area contributed by atoms with Crippen LogP contribution in [0.25, 0.3) is 0 Å². The molecule has 0 radical (unpaired) electrons. The predicted octanol–water partition coefficient (Wildman–Crippen LogP) is 3.15. The summed E-state index contributed by atoms with van der Waals surface area (Å²) in [4.78, 5) is 14.2. The minimum atomic E-state index is -0.163. The van der Waals surface area contributed by atoms with Crippen LogP contribution < -0.4 is 10.2 Å². The molecule has 21 heavy (non-hydrogen) atoms. The summed E-state index contributed by atoms with van der Waals surface area (Å²) in [6, 6.07) is 11.8. The van der Waals surface area contributed by atoms with Gasteiger partial charge in [0.05, 0.1) is 0 Å². The normalized spacial score (nSPS) is 10.4. The molecule has 0 aliphatic carbocycles. The fourth-order valence-electron chi connectivity index (χ4n) is 2.32. The third kappa shape index (κ3) is 3.88. The van der Waals surface area contributed by atoms with Crippen LogP contribution in [0.4, 0.5) is 5.69 Å². The highest BCUT2D eigenvalue weighted by Gasteiger charge is 2.11. The lowest BCUT2D eigenvalue weighted by Gasteiger charge is -2.24. The maximum atomic E-state index is 11.9. The zero-order chi connectivity index (χ0) is 15.2. The number of nitrogens with one attached hydrogen (secondary N) is 1. The second kappa shape index (κ2) is 6.97. The third-order valence-electron chi connectivity index (χ3n) is 3.47. The van der Waals surface area contributed by atoms with Gasteiger partial charge in [0.15, 0.2) is 5.76 Å². The zero-order valence-corrected chi connectivity index (χ0v) is 12.8. The molecule has 0 aliphatic heterocycles. The van der Waals surface area contributed by atoms with Crippen molar-refractivity contribution in [2.45, 2.75) is 20.8 Å². The molecule has 0 saturated carbocycles. The quantitative estimate of drug-likeness (QED) is 0.887. The van der Waals surface area contributed by atoms with Gasteiger partial charge in [0, 0.05) is 25.3 Å². The average molecular weight is 286 g/mol. The maximum absolute atomic E-state index is 11.9. The number of rotatable bonds is 6. The first kappa shape index (κ1) is 15.2. The summed E-state index contributed by atoms with van der Waals surface area (Å²) in [5.74, 6) is 0.950. The van der Waals surface area contributed by atoms with Crippen LogP contribution in [0.1, 0.15) is 28.8 Å². The standard InChI is InChI=1S/C17H22N2O2/c1-4-19(15-8-6-5-7-13(15)2)12-11-18-17(20)16-10-9-14(3)21-16/h5-10H,4,11-12H2,1-3H3,(H,18,20). The summed E-state index contributed by atoms with van der Waals surface area (Å²) >= 11 is 0. The molecule has 1 aromatic carbocycles. The van der Waals surface area contributed by atoms with Gasteiger partial charge in [0.1, 0.15) is 5.76 Å². The Bertz CT molecular complexity index is 604. The summed E-state index contributed by atoms with van der Waals surface area (Å²) in [6.07, 6.45) is 0. The Morgan fingerprint density at radius 3 is 2.57 bits per heavy atom. The topological polar surface area (TPSA) is 45.5 Å². The molecule has 0 spiro atoms. The second-order valence-electron chi connectivity index (χ2n) is 5.03. The van der Waals surface area contributed by atoms with Gasteiger partial charge in [-0.3, -0.25) is 4.79 Å². The molecule has 0 unspecified atom stereocenters. The maximum Gasteiger partial charge on any atom is 0.287 e. The van der Waals surface area contributed by atoms with Crippen molar-refractivity contribution >= 4 is 11.6 Å². The van der Waals surface area contributed by atoms with E-state index in [2.05, 4.69) is 36.2 Å². The number of aryl methyl sites for hydroxylation is 2. The number of furan rings is 1. The third-order valence-corrected chi connectivity index (χ3v) is 3.47. The van der Waals surface area contributed by atoms with Gasteiger partial charge in [0.2, 0.25) is 0 Å². The van der Waals surface area contributed by atoms with E-state index in [9.17, 15) is 4.79 Å². The Balaban J connectivity index is 1.89. The fraction of sp³-hybridized carbons (Fsp3) is 0.353. The molecule has 2 rings (SSSR count). The van der Waals surface area contributed by atoms with Crippen LogP contribution >= 0.6 is 0 Å². The summed E-state index contributed by atoms with van der Waals surface area (Å²) in [7, 11) is 0. The number of carbonyl (C=O) groups excluding carboxylic acids is 1. The molecule has 0 saturated heterocycles. The molecule has 0 fully saturated rings. The number of anilines is 1. The van der Waals surface area contributed by atoms with Crippen molar-refractivity contribution in [1.82, 2.24) is 5.32 Å². The molecule has 1 amide bonds. The van der Waals surface area contributed by atoms with E-state index in [1.165, 1.54) is 11.3 Å². The summed E-state index contributed by atoms with van der Waals surface area (Å²) < 4.78 is 5.31. The smallest absolute Gasteiger partial charge is 0.287 e. The summed E-state index contributed by atoms with van der Waals surface area (Å²) in [5.41, 5.74) is 2.45. The van der Waals surface area contributed by atoms with Crippen molar-refractivity contribution in [1.29, 1.82) is 0 Å². The minimum Gasteiger partial charge on any atom is -0.456 e. The van der Waals surface area contributed by atoms with E-state index < -0.39 is 0 Å². The molecular weight excluding hydrogens is 264 g/mol. The van der Waals surface area contributed by atoms with Crippen LogP contribution in [-0.2, 0) is 0 Å². The number of hydrogen-bond donors (Lipinski definition) is 1. The lowest BCUT2D eigenvalue weighted by molar-refractivity contribution is 0.0925. The van der Waals surface area contributed by atoms with Crippen LogP contribution in [0, 0.1) is 13.8 Å². The highest BCUT2D eigenvalue weighted by molar-refractivity contribution is 5.91. The molecule has 1 aromatic heterocycles. The molecule has 0 atom stereocenters. The Labute approximate surface area is 125 Å². The number of nitrogens with zero attached hydrogens (tertiary/aromatic N) is 1.